The minimum Gasteiger partial charge on any atom is -0.435 e. The summed E-state index contributed by atoms with van der Waals surface area (Å²) in [6, 6.07) is 5.65. The maximum atomic E-state index is 12.0. The van der Waals surface area contributed by atoms with Gasteiger partial charge in [0.25, 0.3) is 0 Å². The van der Waals surface area contributed by atoms with Gasteiger partial charge in [-0.2, -0.15) is 8.78 Å². The lowest BCUT2D eigenvalue weighted by Crippen LogP contribution is -2.14. The molecule has 8 heteroatoms. The van der Waals surface area contributed by atoms with Crippen molar-refractivity contribution >= 4 is 28.1 Å². The normalized spacial score (nSPS) is 10.6. The Hall–Kier alpha value is -2.22. The summed E-state index contributed by atoms with van der Waals surface area (Å²) in [7, 11) is 0. The quantitative estimate of drug-likeness (QED) is 0.889. The van der Waals surface area contributed by atoms with E-state index in [1.54, 1.807) is 5.38 Å². The molecule has 2 rings (SSSR count). The van der Waals surface area contributed by atoms with Crippen molar-refractivity contribution in [2.24, 2.45) is 0 Å². The Morgan fingerprint density at radius 1 is 1.40 bits per heavy atom. The molecule has 0 saturated carbocycles. The molecule has 3 N–H and O–H groups in total. The zero-order valence-electron chi connectivity index (χ0n) is 10.2. The van der Waals surface area contributed by atoms with Gasteiger partial charge in [-0.15, -0.1) is 11.3 Å². The van der Waals surface area contributed by atoms with Crippen LogP contribution < -0.4 is 15.8 Å². The van der Waals surface area contributed by atoms with Gasteiger partial charge in [0.2, 0.25) is 5.91 Å². The van der Waals surface area contributed by atoms with Gasteiger partial charge in [0.15, 0.2) is 5.13 Å². The Morgan fingerprint density at radius 2 is 2.10 bits per heavy atom. The number of rotatable bonds is 5. The lowest BCUT2D eigenvalue weighted by Gasteiger charge is -2.07. The van der Waals surface area contributed by atoms with Crippen LogP contribution in [0.25, 0.3) is 0 Å². The number of hydrogen-bond donors (Lipinski definition) is 2. The molecular weight excluding hydrogens is 288 g/mol. The molecule has 0 aliphatic heterocycles. The Morgan fingerprint density at radius 3 is 2.65 bits per heavy atom. The number of thiazole rings is 1. The summed E-state index contributed by atoms with van der Waals surface area (Å²) >= 11 is 1.26. The Balaban J connectivity index is 1.91. The molecule has 1 amide bonds. The molecule has 0 atom stereocenters. The van der Waals surface area contributed by atoms with Gasteiger partial charge in [0.05, 0.1) is 12.1 Å². The average Bonchev–Trinajstić information content (AvgIpc) is 2.76. The molecule has 0 spiro atoms. The second kappa shape index (κ2) is 6.29. The number of halogens is 2. The number of alkyl halides is 2. The van der Waals surface area contributed by atoms with Gasteiger partial charge in [-0.25, -0.2) is 4.98 Å². The second-order valence-electron chi connectivity index (χ2n) is 3.80. The van der Waals surface area contributed by atoms with Gasteiger partial charge >= 0.3 is 6.61 Å². The first-order valence-corrected chi connectivity index (χ1v) is 6.45. The van der Waals surface area contributed by atoms with Crippen LogP contribution in [0, 0.1) is 0 Å². The Bertz CT molecular complexity index is 587. The number of anilines is 2. The maximum absolute atomic E-state index is 12.0. The number of aromatic nitrogens is 1. The van der Waals surface area contributed by atoms with Gasteiger partial charge in [-0.05, 0) is 24.3 Å². The molecule has 0 unspecified atom stereocenters. The zero-order chi connectivity index (χ0) is 14.5. The fourth-order valence-electron chi connectivity index (χ4n) is 1.49. The van der Waals surface area contributed by atoms with E-state index in [4.69, 9.17) is 5.73 Å². The molecule has 2 aromatic rings. The third-order valence-electron chi connectivity index (χ3n) is 2.27. The lowest BCUT2D eigenvalue weighted by molar-refractivity contribution is -0.115. The molecular formula is C12H11F2N3O2S. The summed E-state index contributed by atoms with van der Waals surface area (Å²) in [5.41, 5.74) is 6.54. The number of nitrogens with two attached hydrogens (primary N) is 1. The van der Waals surface area contributed by atoms with Crippen molar-refractivity contribution < 1.29 is 18.3 Å². The molecule has 5 nitrogen and oxygen atoms in total. The minimum atomic E-state index is -2.87. The summed E-state index contributed by atoms with van der Waals surface area (Å²) in [4.78, 5) is 15.7. The first-order chi connectivity index (χ1) is 9.52. The van der Waals surface area contributed by atoms with Crippen LogP contribution in [0.1, 0.15) is 5.69 Å². The van der Waals surface area contributed by atoms with E-state index in [0.717, 1.165) is 0 Å². The number of carbonyl (C=O) groups excluding carboxylic acids is 1. The number of amides is 1. The molecule has 1 aromatic heterocycles. The van der Waals surface area contributed by atoms with Crippen LogP contribution in [0.4, 0.5) is 19.6 Å². The van der Waals surface area contributed by atoms with Crippen molar-refractivity contribution in [1.82, 2.24) is 4.98 Å². The predicted octanol–water partition coefficient (Wildman–Crippen LogP) is 2.51. The van der Waals surface area contributed by atoms with Crippen LogP contribution in [0.3, 0.4) is 0 Å². The van der Waals surface area contributed by atoms with E-state index in [2.05, 4.69) is 15.0 Å². The molecule has 20 heavy (non-hydrogen) atoms. The average molecular weight is 299 g/mol. The van der Waals surface area contributed by atoms with E-state index >= 15 is 0 Å². The largest absolute Gasteiger partial charge is 0.435 e. The predicted molar refractivity (Wildman–Crippen MR) is 71.9 cm³/mol. The third-order valence-corrected chi connectivity index (χ3v) is 3.00. The van der Waals surface area contributed by atoms with Crippen molar-refractivity contribution in [2.45, 2.75) is 13.0 Å². The van der Waals surface area contributed by atoms with Gasteiger partial charge in [0.1, 0.15) is 5.75 Å². The Kier molecular flexibility index (Phi) is 4.46. The fraction of sp³-hybridized carbons (Fsp3) is 0.167. The van der Waals surface area contributed by atoms with Crippen molar-refractivity contribution in [1.29, 1.82) is 0 Å². The molecule has 1 heterocycles. The highest BCUT2D eigenvalue weighted by Crippen LogP contribution is 2.18. The molecule has 0 bridgehead atoms. The maximum Gasteiger partial charge on any atom is 0.387 e. The van der Waals surface area contributed by atoms with E-state index in [-0.39, 0.29) is 18.1 Å². The summed E-state index contributed by atoms with van der Waals surface area (Å²) in [6.45, 7) is -2.87. The number of nitrogen functional groups attached to an aromatic ring is 1. The Labute approximate surface area is 117 Å². The summed E-state index contributed by atoms with van der Waals surface area (Å²) in [5.74, 6) is -0.233. The van der Waals surface area contributed by atoms with Crippen molar-refractivity contribution in [3.63, 3.8) is 0 Å². The third kappa shape index (κ3) is 4.16. The molecule has 0 radical (unpaired) electrons. The smallest absolute Gasteiger partial charge is 0.387 e. The van der Waals surface area contributed by atoms with E-state index in [1.807, 2.05) is 0 Å². The second-order valence-corrected chi connectivity index (χ2v) is 4.69. The summed E-state index contributed by atoms with van der Waals surface area (Å²) < 4.78 is 28.1. The monoisotopic (exact) mass is 299 g/mol. The molecule has 1 aromatic carbocycles. The highest BCUT2D eigenvalue weighted by Gasteiger charge is 2.08. The summed E-state index contributed by atoms with van der Waals surface area (Å²) in [5, 5.41) is 4.73. The molecule has 0 saturated heterocycles. The van der Waals surface area contributed by atoms with Crippen LogP contribution in [-0.2, 0) is 11.2 Å². The standard InChI is InChI=1S/C12H11F2N3O2S/c13-11(14)19-9-3-1-7(2-4-9)16-10(18)5-8-6-20-12(15)17-8/h1-4,6,11H,5H2,(H2,15,17)(H,16,18). The van der Waals surface area contributed by atoms with Crippen LogP contribution in [0.2, 0.25) is 0 Å². The highest BCUT2D eigenvalue weighted by atomic mass is 32.1. The highest BCUT2D eigenvalue weighted by molar-refractivity contribution is 7.13. The number of hydrogen-bond acceptors (Lipinski definition) is 5. The lowest BCUT2D eigenvalue weighted by atomic mass is 10.2. The fourth-order valence-corrected chi connectivity index (χ4v) is 2.06. The van der Waals surface area contributed by atoms with Gasteiger partial charge < -0.3 is 15.8 Å². The first-order valence-electron chi connectivity index (χ1n) is 5.57. The first kappa shape index (κ1) is 14.2. The van der Waals surface area contributed by atoms with Crippen LogP contribution in [0.15, 0.2) is 29.6 Å². The van der Waals surface area contributed by atoms with E-state index < -0.39 is 6.61 Å². The van der Waals surface area contributed by atoms with Crippen LogP contribution in [0.5, 0.6) is 5.75 Å². The van der Waals surface area contributed by atoms with Crippen molar-refractivity contribution in [3.8, 4) is 5.75 Å². The van der Waals surface area contributed by atoms with Gasteiger partial charge in [0, 0.05) is 11.1 Å². The van der Waals surface area contributed by atoms with E-state index in [1.165, 1.54) is 35.6 Å². The van der Waals surface area contributed by atoms with Crippen molar-refractivity contribution in [2.75, 3.05) is 11.1 Å². The van der Waals surface area contributed by atoms with Gasteiger partial charge in [-0.1, -0.05) is 0 Å². The number of nitrogens with one attached hydrogen (secondary N) is 1. The van der Waals surface area contributed by atoms with Crippen molar-refractivity contribution in [3.05, 3.63) is 35.3 Å². The van der Waals surface area contributed by atoms with Gasteiger partial charge in [-0.3, -0.25) is 4.79 Å². The number of carbonyl (C=O) groups is 1. The summed E-state index contributed by atoms with van der Waals surface area (Å²) in [6.07, 6.45) is 0.100. The number of ether oxygens (including phenoxy) is 1. The molecule has 0 aliphatic carbocycles. The number of nitrogens with zero attached hydrogens (tertiary/aromatic N) is 1. The molecule has 0 aliphatic rings. The topological polar surface area (TPSA) is 77.2 Å². The van der Waals surface area contributed by atoms with Crippen LogP contribution >= 0.6 is 11.3 Å². The van der Waals surface area contributed by atoms with E-state index in [0.29, 0.717) is 16.5 Å². The zero-order valence-corrected chi connectivity index (χ0v) is 11.0. The number of benzene rings is 1. The molecule has 0 fully saturated rings. The molecule has 106 valence electrons. The minimum absolute atomic E-state index is 0.0327. The SMILES string of the molecule is Nc1nc(CC(=O)Nc2ccc(OC(F)F)cc2)cs1. The van der Waals surface area contributed by atoms with Crippen LogP contribution in [-0.4, -0.2) is 17.5 Å². The van der Waals surface area contributed by atoms with E-state index in [9.17, 15) is 13.6 Å².